The molecule has 0 spiro atoms. The first-order chi connectivity index (χ1) is 16.1. The van der Waals surface area contributed by atoms with Gasteiger partial charge in [-0.05, 0) is 41.5 Å². The molecule has 2 aromatic carbocycles. The zero-order valence-electron chi connectivity index (χ0n) is 18.1. The largest absolute Gasteiger partial charge is 0.493 e. The predicted octanol–water partition coefficient (Wildman–Crippen LogP) is 3.92. The summed E-state index contributed by atoms with van der Waals surface area (Å²) in [6, 6.07) is 13.8. The molecule has 0 aliphatic heterocycles. The van der Waals surface area contributed by atoms with Crippen molar-refractivity contribution in [2.45, 2.75) is 13.0 Å². The summed E-state index contributed by atoms with van der Waals surface area (Å²) in [5.41, 5.74) is 4.56. The Morgan fingerprint density at radius 3 is 2.64 bits per heavy atom. The SMILES string of the molecule is COc1cc2c(cc1OC)-c1c(c(C(=O)NCc3cccnc3)nn1-c1ccccc1F)C2. The van der Waals surface area contributed by atoms with Gasteiger partial charge in [0.1, 0.15) is 11.5 Å². The van der Waals surface area contributed by atoms with Crippen LogP contribution in [0.1, 0.15) is 27.2 Å². The number of nitrogens with one attached hydrogen (secondary N) is 1. The number of carbonyl (C=O) groups excluding carboxylic acids is 1. The summed E-state index contributed by atoms with van der Waals surface area (Å²) in [5, 5.41) is 7.45. The summed E-state index contributed by atoms with van der Waals surface area (Å²) in [4.78, 5) is 17.2. The predicted molar refractivity (Wildman–Crippen MR) is 120 cm³/mol. The van der Waals surface area contributed by atoms with Crippen LogP contribution in [0.3, 0.4) is 0 Å². The number of para-hydroxylation sites is 1. The van der Waals surface area contributed by atoms with Crippen molar-refractivity contribution in [2.24, 2.45) is 0 Å². The van der Waals surface area contributed by atoms with Crippen molar-refractivity contribution in [3.63, 3.8) is 0 Å². The Morgan fingerprint density at radius 2 is 1.91 bits per heavy atom. The van der Waals surface area contributed by atoms with E-state index in [0.717, 1.165) is 22.3 Å². The summed E-state index contributed by atoms with van der Waals surface area (Å²) >= 11 is 0. The number of hydrogen-bond acceptors (Lipinski definition) is 5. The van der Waals surface area contributed by atoms with Crippen LogP contribution >= 0.6 is 0 Å². The van der Waals surface area contributed by atoms with Crippen LogP contribution < -0.4 is 14.8 Å². The zero-order valence-corrected chi connectivity index (χ0v) is 18.1. The number of amides is 1. The normalized spacial score (nSPS) is 11.6. The van der Waals surface area contributed by atoms with Crippen LogP contribution in [-0.4, -0.2) is 34.9 Å². The summed E-state index contributed by atoms with van der Waals surface area (Å²) in [7, 11) is 3.14. The van der Waals surface area contributed by atoms with Crippen LogP contribution in [0.15, 0.2) is 60.9 Å². The maximum atomic E-state index is 14.8. The zero-order chi connectivity index (χ0) is 22.9. The Kier molecular flexibility index (Phi) is 5.26. The van der Waals surface area contributed by atoms with Gasteiger partial charge >= 0.3 is 0 Å². The smallest absolute Gasteiger partial charge is 0.272 e. The van der Waals surface area contributed by atoms with Crippen molar-refractivity contribution >= 4 is 5.91 Å². The lowest BCUT2D eigenvalue weighted by Gasteiger charge is -2.12. The fourth-order valence-electron chi connectivity index (χ4n) is 4.12. The van der Waals surface area contributed by atoms with Crippen molar-refractivity contribution in [1.29, 1.82) is 0 Å². The van der Waals surface area contributed by atoms with E-state index in [2.05, 4.69) is 15.4 Å². The number of aromatic nitrogens is 3. The van der Waals surface area contributed by atoms with Gasteiger partial charge in [0.25, 0.3) is 5.91 Å². The maximum Gasteiger partial charge on any atom is 0.272 e. The lowest BCUT2D eigenvalue weighted by atomic mass is 10.1. The highest BCUT2D eigenvalue weighted by Crippen LogP contribution is 2.44. The molecule has 4 aromatic rings. The molecule has 1 N–H and O–H groups in total. The molecule has 0 unspecified atom stereocenters. The minimum atomic E-state index is -0.431. The Labute approximate surface area is 189 Å². The molecule has 0 bridgehead atoms. The van der Waals surface area contributed by atoms with Crippen LogP contribution in [0.4, 0.5) is 4.39 Å². The first-order valence-electron chi connectivity index (χ1n) is 10.4. The quantitative estimate of drug-likeness (QED) is 0.430. The Morgan fingerprint density at radius 1 is 1.12 bits per heavy atom. The third-order valence-electron chi connectivity index (χ3n) is 5.69. The van der Waals surface area contributed by atoms with Gasteiger partial charge in [0.2, 0.25) is 0 Å². The highest BCUT2D eigenvalue weighted by atomic mass is 19.1. The van der Waals surface area contributed by atoms with E-state index >= 15 is 0 Å². The number of fused-ring (bicyclic) bond motifs is 3. The second kappa shape index (κ2) is 8.38. The van der Waals surface area contributed by atoms with E-state index in [4.69, 9.17) is 9.47 Å². The Hall–Kier alpha value is -4.20. The standard InChI is InChI=1S/C25H21FN4O3/c1-32-21-11-16-10-18-23(25(31)28-14-15-6-5-9-27-13-15)29-30(20-8-4-3-7-19(20)26)24(18)17(16)12-22(21)33-2/h3-9,11-13H,10,14H2,1-2H3,(H,28,31). The molecule has 8 heteroatoms. The fraction of sp³-hybridized carbons (Fsp3) is 0.160. The molecule has 0 fully saturated rings. The van der Waals surface area contributed by atoms with Gasteiger partial charge in [0.05, 0.1) is 19.9 Å². The first kappa shape index (κ1) is 20.7. The minimum Gasteiger partial charge on any atom is -0.493 e. The van der Waals surface area contributed by atoms with E-state index in [9.17, 15) is 9.18 Å². The highest BCUT2D eigenvalue weighted by Gasteiger charge is 2.33. The summed E-state index contributed by atoms with van der Waals surface area (Å²) < 4.78 is 27.2. The van der Waals surface area contributed by atoms with Gasteiger partial charge in [0.15, 0.2) is 17.2 Å². The van der Waals surface area contributed by atoms with E-state index in [1.807, 2.05) is 24.3 Å². The van der Waals surface area contributed by atoms with Crippen molar-refractivity contribution in [3.8, 4) is 28.4 Å². The molecule has 1 aliphatic carbocycles. The molecular weight excluding hydrogens is 423 g/mol. The topological polar surface area (TPSA) is 78.3 Å². The molecule has 2 heterocycles. The lowest BCUT2D eigenvalue weighted by molar-refractivity contribution is 0.0944. The average Bonchev–Trinajstić information content (AvgIpc) is 3.39. The lowest BCUT2D eigenvalue weighted by Crippen LogP contribution is -2.24. The van der Waals surface area contributed by atoms with Crippen LogP contribution in [0, 0.1) is 5.82 Å². The van der Waals surface area contributed by atoms with Gasteiger partial charge in [-0.1, -0.05) is 18.2 Å². The van der Waals surface area contributed by atoms with Gasteiger partial charge in [-0.25, -0.2) is 9.07 Å². The first-order valence-corrected chi connectivity index (χ1v) is 10.4. The number of rotatable bonds is 6. The summed E-state index contributed by atoms with van der Waals surface area (Å²) in [5.74, 6) is 0.373. The molecule has 7 nitrogen and oxygen atoms in total. The van der Waals surface area contributed by atoms with E-state index in [1.54, 1.807) is 44.8 Å². The second-order valence-corrected chi connectivity index (χ2v) is 7.62. The molecule has 0 saturated carbocycles. The number of carbonyl (C=O) groups is 1. The van der Waals surface area contributed by atoms with Gasteiger partial charge in [0, 0.05) is 36.5 Å². The molecule has 0 saturated heterocycles. The average molecular weight is 444 g/mol. The number of halogens is 1. The molecule has 0 atom stereocenters. The Balaban J connectivity index is 1.61. The van der Waals surface area contributed by atoms with Crippen LogP contribution in [0.25, 0.3) is 16.9 Å². The van der Waals surface area contributed by atoms with Crippen molar-refractivity contribution in [1.82, 2.24) is 20.1 Å². The molecule has 2 aromatic heterocycles. The van der Waals surface area contributed by atoms with Gasteiger partial charge in [-0.3, -0.25) is 9.78 Å². The van der Waals surface area contributed by atoms with E-state index in [1.165, 1.54) is 10.7 Å². The minimum absolute atomic E-state index is 0.256. The van der Waals surface area contributed by atoms with Crippen molar-refractivity contribution in [3.05, 3.63) is 89.1 Å². The number of nitrogens with zero attached hydrogens (tertiary/aromatic N) is 3. The van der Waals surface area contributed by atoms with Crippen molar-refractivity contribution in [2.75, 3.05) is 14.2 Å². The number of benzene rings is 2. The maximum absolute atomic E-state index is 14.8. The third kappa shape index (κ3) is 3.59. The van der Waals surface area contributed by atoms with E-state index in [0.29, 0.717) is 30.2 Å². The van der Waals surface area contributed by atoms with E-state index in [-0.39, 0.29) is 17.3 Å². The molecule has 5 rings (SSSR count). The summed E-state index contributed by atoms with van der Waals surface area (Å²) in [6.45, 7) is 0.308. The molecule has 33 heavy (non-hydrogen) atoms. The third-order valence-corrected chi connectivity index (χ3v) is 5.69. The second-order valence-electron chi connectivity index (χ2n) is 7.62. The van der Waals surface area contributed by atoms with Gasteiger partial charge in [-0.15, -0.1) is 0 Å². The molecule has 166 valence electrons. The Bertz CT molecular complexity index is 1350. The van der Waals surface area contributed by atoms with E-state index < -0.39 is 5.82 Å². The monoisotopic (exact) mass is 444 g/mol. The van der Waals surface area contributed by atoms with Crippen LogP contribution in [0.2, 0.25) is 0 Å². The van der Waals surface area contributed by atoms with Gasteiger partial charge < -0.3 is 14.8 Å². The summed E-state index contributed by atoms with van der Waals surface area (Å²) in [6.07, 6.45) is 3.83. The number of ether oxygens (including phenoxy) is 2. The van der Waals surface area contributed by atoms with Crippen molar-refractivity contribution < 1.29 is 18.7 Å². The molecular formula is C25H21FN4O3. The fourth-order valence-corrected chi connectivity index (χ4v) is 4.12. The number of hydrogen-bond donors (Lipinski definition) is 1. The number of methoxy groups -OCH3 is 2. The molecule has 0 radical (unpaired) electrons. The van der Waals surface area contributed by atoms with Gasteiger partial charge in [-0.2, -0.15) is 5.10 Å². The highest BCUT2D eigenvalue weighted by molar-refractivity contribution is 5.97. The van der Waals surface area contributed by atoms with Crippen LogP contribution in [0.5, 0.6) is 11.5 Å². The van der Waals surface area contributed by atoms with Crippen LogP contribution in [-0.2, 0) is 13.0 Å². The molecule has 1 amide bonds. The molecule has 1 aliphatic rings. The number of pyridine rings is 1.